The first kappa shape index (κ1) is 5.59. The van der Waals surface area contributed by atoms with Gasteiger partial charge >= 0.3 is 0 Å². The van der Waals surface area contributed by atoms with Gasteiger partial charge in [0.2, 0.25) is 0 Å². The molecule has 0 aromatic rings. The molecule has 2 aliphatic heterocycles. The van der Waals surface area contributed by atoms with Crippen LogP contribution in [-0.2, 0) is 0 Å². The van der Waals surface area contributed by atoms with Gasteiger partial charge in [-0.3, -0.25) is 4.90 Å². The fourth-order valence-electron chi connectivity index (χ4n) is 2.65. The zero-order valence-electron chi connectivity index (χ0n) is 6.42. The predicted molar refractivity (Wildman–Crippen MR) is 40.8 cm³/mol. The van der Waals surface area contributed by atoms with Crippen LogP contribution in [0.4, 0.5) is 0 Å². The van der Waals surface area contributed by atoms with Crippen molar-refractivity contribution >= 4 is 0 Å². The van der Waals surface area contributed by atoms with Gasteiger partial charge in [0.05, 0.1) is 0 Å². The first-order chi connectivity index (χ1) is 4.92. The van der Waals surface area contributed by atoms with Crippen molar-refractivity contribution in [3.05, 3.63) is 0 Å². The summed E-state index contributed by atoms with van der Waals surface area (Å²) >= 11 is 0. The van der Waals surface area contributed by atoms with E-state index < -0.39 is 0 Å². The Morgan fingerprint density at radius 2 is 1.50 bits per heavy atom. The Morgan fingerprint density at radius 3 is 2.00 bits per heavy atom. The van der Waals surface area contributed by atoms with Crippen molar-refractivity contribution in [2.75, 3.05) is 13.1 Å². The van der Waals surface area contributed by atoms with E-state index >= 15 is 0 Å². The smallest absolute Gasteiger partial charge is 0.00966 e. The van der Waals surface area contributed by atoms with E-state index in [1.54, 1.807) is 12.8 Å². The monoisotopic (exact) mass is 137 g/mol. The summed E-state index contributed by atoms with van der Waals surface area (Å²) in [6, 6.07) is 1.03. The molecule has 2 bridgehead atoms. The normalized spacial score (nSPS) is 46.8. The lowest BCUT2D eigenvalue weighted by Gasteiger charge is -2.47. The van der Waals surface area contributed by atoms with Gasteiger partial charge in [-0.15, -0.1) is 0 Å². The van der Waals surface area contributed by atoms with Gasteiger partial charge in [-0.25, -0.2) is 0 Å². The van der Waals surface area contributed by atoms with E-state index in [2.05, 4.69) is 4.90 Å². The summed E-state index contributed by atoms with van der Waals surface area (Å²) in [5, 5.41) is 0. The van der Waals surface area contributed by atoms with Crippen LogP contribution in [0.3, 0.4) is 0 Å². The Balaban J connectivity index is 1.67. The maximum Gasteiger partial charge on any atom is 0.00966 e. The number of fused-ring (bicyclic) bond motifs is 2. The van der Waals surface area contributed by atoms with Crippen LogP contribution in [0.15, 0.2) is 0 Å². The lowest BCUT2D eigenvalue weighted by molar-refractivity contribution is 0.0226. The Kier molecular flexibility index (Phi) is 0.984. The second kappa shape index (κ2) is 1.76. The lowest BCUT2D eigenvalue weighted by Crippen LogP contribution is -2.49. The van der Waals surface area contributed by atoms with Crippen molar-refractivity contribution in [3.63, 3.8) is 0 Å². The van der Waals surface area contributed by atoms with Crippen LogP contribution < -0.4 is 0 Å². The number of piperidine rings is 2. The third-order valence-corrected chi connectivity index (χ3v) is 3.38. The van der Waals surface area contributed by atoms with Gasteiger partial charge in [-0.05, 0) is 37.5 Å². The zero-order chi connectivity index (χ0) is 6.55. The minimum Gasteiger partial charge on any atom is -0.300 e. The summed E-state index contributed by atoms with van der Waals surface area (Å²) in [4.78, 5) is 2.74. The van der Waals surface area contributed by atoms with E-state index in [-0.39, 0.29) is 0 Å². The fourth-order valence-corrected chi connectivity index (χ4v) is 2.65. The molecule has 4 fully saturated rings. The van der Waals surface area contributed by atoms with Crippen LogP contribution in [0.1, 0.15) is 25.7 Å². The summed E-state index contributed by atoms with van der Waals surface area (Å²) in [7, 11) is 0. The number of rotatable bonds is 1. The van der Waals surface area contributed by atoms with Gasteiger partial charge in [-0.2, -0.15) is 0 Å². The van der Waals surface area contributed by atoms with Crippen LogP contribution in [0.5, 0.6) is 0 Å². The molecule has 2 heterocycles. The molecule has 0 radical (unpaired) electrons. The van der Waals surface area contributed by atoms with E-state index in [0.717, 1.165) is 17.9 Å². The first-order valence-corrected chi connectivity index (χ1v) is 4.66. The SMILES string of the molecule is C1C2CC1CN(C1CC1)C2. The Morgan fingerprint density at radius 1 is 0.900 bits per heavy atom. The van der Waals surface area contributed by atoms with Crippen molar-refractivity contribution in [2.45, 2.75) is 31.7 Å². The van der Waals surface area contributed by atoms with Crippen LogP contribution in [0.2, 0.25) is 0 Å². The molecule has 2 saturated carbocycles. The molecule has 0 N–H and O–H groups in total. The van der Waals surface area contributed by atoms with E-state index in [0.29, 0.717) is 0 Å². The quantitative estimate of drug-likeness (QED) is 0.529. The molecule has 0 unspecified atom stereocenters. The summed E-state index contributed by atoms with van der Waals surface area (Å²) in [6.45, 7) is 2.89. The molecule has 0 amide bonds. The first-order valence-electron chi connectivity index (χ1n) is 4.66. The molecule has 0 spiro atoms. The maximum atomic E-state index is 2.74. The fraction of sp³-hybridized carbons (Fsp3) is 1.00. The average Bonchev–Trinajstić information content (AvgIpc) is 2.67. The van der Waals surface area contributed by atoms with Crippen LogP contribution >= 0.6 is 0 Å². The third-order valence-electron chi connectivity index (χ3n) is 3.38. The molecule has 4 rings (SSSR count). The van der Waals surface area contributed by atoms with Gasteiger partial charge in [0, 0.05) is 19.1 Å². The Hall–Kier alpha value is -0.0400. The van der Waals surface area contributed by atoms with Gasteiger partial charge in [-0.1, -0.05) is 0 Å². The van der Waals surface area contributed by atoms with Crippen LogP contribution in [-0.4, -0.2) is 24.0 Å². The van der Waals surface area contributed by atoms with E-state index in [1.807, 2.05) is 0 Å². The Bertz CT molecular complexity index is 135. The van der Waals surface area contributed by atoms with E-state index in [1.165, 1.54) is 25.9 Å². The molecule has 10 heavy (non-hydrogen) atoms. The zero-order valence-corrected chi connectivity index (χ0v) is 6.42. The molecule has 56 valence electrons. The highest BCUT2D eigenvalue weighted by molar-refractivity contribution is 4.95. The molecule has 2 aliphatic carbocycles. The highest BCUT2D eigenvalue weighted by Gasteiger charge is 2.41. The molecular formula is C9H15N. The van der Waals surface area contributed by atoms with Crippen molar-refractivity contribution < 1.29 is 0 Å². The molecule has 0 aromatic heterocycles. The predicted octanol–water partition coefficient (Wildman–Crippen LogP) is 1.49. The average molecular weight is 137 g/mol. The van der Waals surface area contributed by atoms with E-state index in [4.69, 9.17) is 0 Å². The number of hydrogen-bond acceptors (Lipinski definition) is 1. The minimum absolute atomic E-state index is 1.03. The van der Waals surface area contributed by atoms with Crippen molar-refractivity contribution in [2.24, 2.45) is 11.8 Å². The standard InChI is InChI=1S/C9H15N/c1-2-9(1)10-5-7-3-8(4-7)6-10/h7-9H,1-6H2. The second-order valence-electron chi connectivity index (χ2n) is 4.39. The minimum atomic E-state index is 1.03. The van der Waals surface area contributed by atoms with Crippen LogP contribution in [0.25, 0.3) is 0 Å². The lowest BCUT2D eigenvalue weighted by atomic mass is 9.71. The highest BCUT2D eigenvalue weighted by atomic mass is 15.2. The van der Waals surface area contributed by atoms with Gasteiger partial charge in [0.15, 0.2) is 0 Å². The Labute approximate surface area is 62.4 Å². The van der Waals surface area contributed by atoms with E-state index in [9.17, 15) is 0 Å². The number of hydrogen-bond donors (Lipinski definition) is 0. The van der Waals surface area contributed by atoms with Gasteiger partial charge in [0.1, 0.15) is 0 Å². The summed E-state index contributed by atoms with van der Waals surface area (Å²) in [6.07, 6.45) is 6.12. The van der Waals surface area contributed by atoms with Crippen molar-refractivity contribution in [1.82, 2.24) is 4.90 Å². The molecule has 0 aromatic carbocycles. The topological polar surface area (TPSA) is 3.24 Å². The molecule has 0 atom stereocenters. The molecular weight excluding hydrogens is 122 g/mol. The number of nitrogens with zero attached hydrogens (tertiary/aromatic N) is 1. The summed E-state index contributed by atoms with van der Waals surface area (Å²) in [5.41, 5.74) is 0. The van der Waals surface area contributed by atoms with Crippen LogP contribution in [0, 0.1) is 11.8 Å². The van der Waals surface area contributed by atoms with Gasteiger partial charge < -0.3 is 0 Å². The summed E-state index contributed by atoms with van der Waals surface area (Å²) < 4.78 is 0. The molecule has 1 nitrogen and oxygen atoms in total. The molecule has 1 heteroatoms. The van der Waals surface area contributed by atoms with Gasteiger partial charge in [0.25, 0.3) is 0 Å². The molecule has 2 saturated heterocycles. The third kappa shape index (κ3) is 0.731. The second-order valence-corrected chi connectivity index (χ2v) is 4.39. The van der Waals surface area contributed by atoms with Crippen molar-refractivity contribution in [3.8, 4) is 0 Å². The van der Waals surface area contributed by atoms with Crippen molar-refractivity contribution in [1.29, 1.82) is 0 Å². The maximum absolute atomic E-state index is 2.74. The highest BCUT2D eigenvalue weighted by Crippen LogP contribution is 2.43. The largest absolute Gasteiger partial charge is 0.300 e. The summed E-state index contributed by atoms with van der Waals surface area (Å²) in [5.74, 6) is 2.22. The molecule has 4 aliphatic rings.